The largest absolute Gasteiger partial charge is 0.415 e. The molecule has 4 nitrogen and oxygen atoms in total. The number of nitrogens with one attached hydrogen (secondary N) is 1. The number of ether oxygens (including phenoxy) is 1. The van der Waals surface area contributed by atoms with Crippen LogP contribution < -0.4 is 5.32 Å². The Balaban J connectivity index is 1.73. The maximum absolute atomic E-state index is 12.6. The number of hydrogen-bond donors (Lipinski definition) is 1. The predicted molar refractivity (Wildman–Crippen MR) is 80.2 cm³/mol. The van der Waals surface area contributed by atoms with E-state index >= 15 is 0 Å². The van der Waals surface area contributed by atoms with Gasteiger partial charge in [0.2, 0.25) is 5.91 Å². The Hall–Kier alpha value is -1.31. The molecule has 2 rings (SSSR count). The van der Waals surface area contributed by atoms with Crippen LogP contribution in [0.1, 0.15) is 12.0 Å². The van der Waals surface area contributed by atoms with Crippen LogP contribution in [0.4, 0.5) is 13.2 Å². The molecule has 0 radical (unpaired) electrons. The second-order valence-electron chi connectivity index (χ2n) is 5.32. The van der Waals surface area contributed by atoms with Crippen LogP contribution in [0.2, 0.25) is 5.02 Å². The van der Waals surface area contributed by atoms with Gasteiger partial charge in [-0.15, -0.1) is 0 Å². The van der Waals surface area contributed by atoms with Crippen molar-refractivity contribution in [2.24, 2.45) is 0 Å². The second-order valence-corrected chi connectivity index (χ2v) is 5.73. The molecule has 1 aliphatic heterocycles. The van der Waals surface area contributed by atoms with Crippen molar-refractivity contribution in [3.63, 3.8) is 0 Å². The van der Waals surface area contributed by atoms with Crippen molar-refractivity contribution in [2.45, 2.75) is 25.2 Å². The summed E-state index contributed by atoms with van der Waals surface area (Å²) in [6, 6.07) is 7.15. The quantitative estimate of drug-likeness (QED) is 0.887. The maximum atomic E-state index is 12.6. The van der Waals surface area contributed by atoms with Gasteiger partial charge in [0.15, 0.2) is 6.10 Å². The van der Waals surface area contributed by atoms with E-state index in [1.54, 1.807) is 23.1 Å². The third-order valence-electron chi connectivity index (χ3n) is 3.60. The van der Waals surface area contributed by atoms with Gasteiger partial charge in [-0.25, -0.2) is 0 Å². The molecule has 1 fully saturated rings. The minimum Gasteiger partial charge on any atom is -0.366 e. The number of morpholine rings is 1. The van der Waals surface area contributed by atoms with Crippen LogP contribution in [0.3, 0.4) is 0 Å². The molecule has 1 saturated heterocycles. The first-order chi connectivity index (χ1) is 10.9. The van der Waals surface area contributed by atoms with Crippen LogP contribution in [0.25, 0.3) is 0 Å². The van der Waals surface area contributed by atoms with Crippen LogP contribution in [0.15, 0.2) is 24.3 Å². The summed E-state index contributed by atoms with van der Waals surface area (Å²) in [4.78, 5) is 13.4. The van der Waals surface area contributed by atoms with Crippen LogP contribution in [-0.4, -0.2) is 49.3 Å². The Morgan fingerprint density at radius 1 is 1.39 bits per heavy atom. The number of carbonyl (C=O) groups excluding carboxylic acids is 1. The number of alkyl halides is 3. The molecule has 0 aliphatic carbocycles. The fourth-order valence-corrected chi connectivity index (χ4v) is 2.49. The Labute approximate surface area is 137 Å². The summed E-state index contributed by atoms with van der Waals surface area (Å²) in [6.07, 6.45) is -6.01. The van der Waals surface area contributed by atoms with Crippen LogP contribution in [-0.2, 0) is 16.1 Å². The van der Waals surface area contributed by atoms with Crippen molar-refractivity contribution in [3.8, 4) is 0 Å². The standard InChI is InChI=1S/C15H18ClF3N2O2/c16-12-4-2-1-3-11(12)9-20-14(22)5-6-21-7-8-23-13(10-21)15(17,18)19/h1-4,13H,5-10H2,(H,20,22). The van der Waals surface area contributed by atoms with Crippen molar-refractivity contribution in [2.75, 3.05) is 26.2 Å². The van der Waals surface area contributed by atoms with Crippen molar-refractivity contribution < 1.29 is 22.7 Å². The van der Waals surface area contributed by atoms with Crippen LogP contribution in [0, 0.1) is 0 Å². The Kier molecular flexibility index (Phi) is 6.26. The first-order valence-electron chi connectivity index (χ1n) is 7.27. The zero-order chi connectivity index (χ0) is 16.9. The fraction of sp³-hybridized carbons (Fsp3) is 0.533. The van der Waals surface area contributed by atoms with Gasteiger partial charge in [0.05, 0.1) is 6.61 Å². The summed E-state index contributed by atoms with van der Waals surface area (Å²) in [7, 11) is 0. The lowest BCUT2D eigenvalue weighted by Gasteiger charge is -2.33. The van der Waals surface area contributed by atoms with Gasteiger partial charge >= 0.3 is 6.18 Å². The van der Waals surface area contributed by atoms with Gasteiger partial charge in [0, 0.05) is 37.6 Å². The van der Waals surface area contributed by atoms with Gasteiger partial charge in [-0.3, -0.25) is 9.69 Å². The van der Waals surface area contributed by atoms with E-state index in [1.807, 2.05) is 6.07 Å². The van der Waals surface area contributed by atoms with Gasteiger partial charge in [0.1, 0.15) is 0 Å². The predicted octanol–water partition coefficient (Wildman–Crippen LogP) is 2.61. The smallest absolute Gasteiger partial charge is 0.366 e. The zero-order valence-corrected chi connectivity index (χ0v) is 13.2. The van der Waals surface area contributed by atoms with Crippen LogP contribution in [0.5, 0.6) is 0 Å². The van der Waals surface area contributed by atoms with Gasteiger partial charge in [0.25, 0.3) is 0 Å². The summed E-state index contributed by atoms with van der Waals surface area (Å²) in [5.74, 6) is -0.222. The highest BCUT2D eigenvalue weighted by Crippen LogP contribution is 2.25. The minimum absolute atomic E-state index is 0.0193. The normalized spacial score (nSPS) is 19.6. The fourth-order valence-electron chi connectivity index (χ4n) is 2.29. The summed E-state index contributed by atoms with van der Waals surface area (Å²) >= 11 is 5.99. The molecule has 1 aliphatic rings. The molecule has 1 unspecified atom stereocenters. The van der Waals surface area contributed by atoms with E-state index in [0.717, 1.165) is 5.56 Å². The molecule has 0 bridgehead atoms. The molecular weight excluding hydrogens is 333 g/mol. The van der Waals surface area contributed by atoms with Gasteiger partial charge in [-0.2, -0.15) is 13.2 Å². The maximum Gasteiger partial charge on any atom is 0.415 e. The highest BCUT2D eigenvalue weighted by atomic mass is 35.5. The average Bonchev–Trinajstić information content (AvgIpc) is 2.51. The monoisotopic (exact) mass is 350 g/mol. The number of benzene rings is 1. The van der Waals surface area contributed by atoms with Crippen LogP contribution >= 0.6 is 11.6 Å². The molecule has 0 saturated carbocycles. The van der Waals surface area contributed by atoms with E-state index in [1.165, 1.54) is 0 Å². The second kappa shape index (κ2) is 7.99. The number of carbonyl (C=O) groups is 1. The molecule has 8 heteroatoms. The average molecular weight is 351 g/mol. The molecule has 1 N–H and O–H groups in total. The summed E-state index contributed by atoms with van der Waals surface area (Å²) in [6.45, 7) is 0.744. The zero-order valence-electron chi connectivity index (χ0n) is 12.4. The molecule has 1 atom stereocenters. The molecular formula is C15H18ClF3N2O2. The summed E-state index contributed by atoms with van der Waals surface area (Å²) in [5.41, 5.74) is 0.797. The van der Waals surface area contributed by atoms with E-state index in [9.17, 15) is 18.0 Å². The van der Waals surface area contributed by atoms with E-state index < -0.39 is 12.3 Å². The van der Waals surface area contributed by atoms with E-state index in [2.05, 4.69) is 5.32 Å². The van der Waals surface area contributed by atoms with Crippen molar-refractivity contribution in [1.82, 2.24) is 10.2 Å². The van der Waals surface area contributed by atoms with Crippen molar-refractivity contribution in [3.05, 3.63) is 34.9 Å². The number of rotatable bonds is 5. The molecule has 128 valence electrons. The molecule has 1 heterocycles. The lowest BCUT2D eigenvalue weighted by atomic mass is 10.2. The summed E-state index contributed by atoms with van der Waals surface area (Å²) < 4.78 is 42.6. The molecule has 23 heavy (non-hydrogen) atoms. The third-order valence-corrected chi connectivity index (χ3v) is 3.97. The number of halogens is 4. The first kappa shape index (κ1) is 18.0. The molecule has 1 amide bonds. The molecule has 1 aromatic rings. The highest BCUT2D eigenvalue weighted by molar-refractivity contribution is 6.31. The number of nitrogens with zero attached hydrogens (tertiary/aromatic N) is 1. The van der Waals surface area contributed by atoms with Gasteiger partial charge < -0.3 is 10.1 Å². The molecule has 0 aromatic heterocycles. The Morgan fingerprint density at radius 2 is 2.13 bits per heavy atom. The lowest BCUT2D eigenvalue weighted by Crippen LogP contribution is -2.49. The summed E-state index contributed by atoms with van der Waals surface area (Å²) in [5, 5.41) is 3.28. The van der Waals surface area contributed by atoms with Crippen molar-refractivity contribution in [1.29, 1.82) is 0 Å². The Morgan fingerprint density at radius 3 is 2.83 bits per heavy atom. The van der Waals surface area contributed by atoms with E-state index in [-0.39, 0.29) is 32.0 Å². The topological polar surface area (TPSA) is 41.6 Å². The number of hydrogen-bond acceptors (Lipinski definition) is 3. The first-order valence-corrected chi connectivity index (χ1v) is 7.65. The van der Waals surface area contributed by atoms with Gasteiger partial charge in [-0.05, 0) is 11.6 Å². The third kappa shape index (κ3) is 5.67. The minimum atomic E-state index is -4.37. The lowest BCUT2D eigenvalue weighted by molar-refractivity contribution is -0.237. The van der Waals surface area contributed by atoms with Gasteiger partial charge in [-0.1, -0.05) is 29.8 Å². The highest BCUT2D eigenvalue weighted by Gasteiger charge is 2.43. The number of amides is 1. The van der Waals surface area contributed by atoms with E-state index in [4.69, 9.17) is 16.3 Å². The van der Waals surface area contributed by atoms with Crippen molar-refractivity contribution >= 4 is 17.5 Å². The SMILES string of the molecule is O=C(CCN1CCOC(C(F)(F)F)C1)NCc1ccccc1Cl. The molecule has 0 spiro atoms. The van der Waals surface area contributed by atoms with E-state index in [0.29, 0.717) is 18.1 Å². The Bertz CT molecular complexity index is 540. The molecule has 1 aromatic carbocycles.